The summed E-state index contributed by atoms with van der Waals surface area (Å²) in [6.07, 6.45) is 6.65. The Morgan fingerprint density at radius 3 is 2.94 bits per heavy atom. The van der Waals surface area contributed by atoms with Crippen molar-refractivity contribution in [3.8, 4) is 0 Å². The van der Waals surface area contributed by atoms with Crippen LogP contribution in [0, 0.1) is 0 Å². The van der Waals surface area contributed by atoms with Gasteiger partial charge in [-0.15, -0.1) is 11.3 Å². The minimum absolute atomic E-state index is 0.528. The summed E-state index contributed by atoms with van der Waals surface area (Å²) in [5.74, 6) is 0. The minimum Gasteiger partial charge on any atom is -0.317 e. The molecule has 0 aliphatic heterocycles. The Morgan fingerprint density at radius 1 is 1.44 bits per heavy atom. The second-order valence-electron chi connectivity index (χ2n) is 4.64. The molecule has 0 amide bonds. The molecule has 0 aliphatic rings. The molecule has 0 fully saturated rings. The van der Waals surface area contributed by atoms with Crippen LogP contribution in [0.3, 0.4) is 0 Å². The molecule has 1 atom stereocenters. The first-order valence-electron chi connectivity index (χ1n) is 6.46. The van der Waals surface area contributed by atoms with Gasteiger partial charge in [-0.25, -0.2) is 0 Å². The predicted molar refractivity (Wildman–Crippen MR) is 77.0 cm³/mol. The van der Waals surface area contributed by atoms with Gasteiger partial charge in [0.15, 0.2) is 0 Å². The zero-order chi connectivity index (χ0) is 12.8. The zero-order valence-electron chi connectivity index (χ0n) is 11.1. The van der Waals surface area contributed by atoms with Crippen molar-refractivity contribution in [2.45, 2.75) is 31.7 Å². The fraction of sp³-hybridized carbons (Fsp3) is 0.500. The van der Waals surface area contributed by atoms with Crippen molar-refractivity contribution in [1.29, 1.82) is 0 Å². The van der Waals surface area contributed by atoms with Crippen molar-refractivity contribution < 1.29 is 0 Å². The summed E-state index contributed by atoms with van der Waals surface area (Å²) in [4.78, 5) is 1.49. The number of aromatic nitrogens is 2. The van der Waals surface area contributed by atoms with E-state index in [1.54, 1.807) is 0 Å². The van der Waals surface area contributed by atoms with Gasteiger partial charge in [0.25, 0.3) is 0 Å². The summed E-state index contributed by atoms with van der Waals surface area (Å²) in [7, 11) is 4.01. The smallest absolute Gasteiger partial charge is 0.0639 e. The first-order valence-corrected chi connectivity index (χ1v) is 7.34. The van der Waals surface area contributed by atoms with Crippen LogP contribution in [0.4, 0.5) is 0 Å². The second kappa shape index (κ2) is 6.71. The molecule has 1 unspecified atom stereocenters. The molecule has 0 aromatic carbocycles. The maximum atomic E-state index is 4.44. The van der Waals surface area contributed by atoms with Crippen molar-refractivity contribution in [3.05, 3.63) is 40.3 Å². The van der Waals surface area contributed by atoms with Crippen molar-refractivity contribution in [2.24, 2.45) is 7.05 Å². The van der Waals surface area contributed by atoms with Crippen LogP contribution in [0.2, 0.25) is 0 Å². The topological polar surface area (TPSA) is 29.9 Å². The molecule has 2 heterocycles. The number of aryl methyl sites for hydroxylation is 2. The Labute approximate surface area is 113 Å². The number of hydrogen-bond acceptors (Lipinski definition) is 3. The highest BCUT2D eigenvalue weighted by Crippen LogP contribution is 2.14. The quantitative estimate of drug-likeness (QED) is 0.832. The van der Waals surface area contributed by atoms with E-state index < -0.39 is 0 Å². The van der Waals surface area contributed by atoms with E-state index in [1.165, 1.54) is 29.8 Å². The van der Waals surface area contributed by atoms with E-state index in [0.29, 0.717) is 6.04 Å². The maximum absolute atomic E-state index is 4.44. The van der Waals surface area contributed by atoms with Crippen LogP contribution >= 0.6 is 11.3 Å². The van der Waals surface area contributed by atoms with Gasteiger partial charge in [-0.2, -0.15) is 5.10 Å². The molecule has 3 nitrogen and oxygen atoms in total. The average Bonchev–Trinajstić information content (AvgIpc) is 3.00. The molecule has 0 aliphatic carbocycles. The zero-order valence-corrected chi connectivity index (χ0v) is 11.9. The Balaban J connectivity index is 1.75. The number of hydrogen-bond donors (Lipinski definition) is 1. The Hall–Kier alpha value is -1.13. The average molecular weight is 263 g/mol. The van der Waals surface area contributed by atoms with E-state index in [0.717, 1.165) is 6.42 Å². The van der Waals surface area contributed by atoms with Crippen LogP contribution in [-0.2, 0) is 19.9 Å². The summed E-state index contributed by atoms with van der Waals surface area (Å²) in [6.45, 7) is 0. The van der Waals surface area contributed by atoms with E-state index in [9.17, 15) is 0 Å². The normalized spacial score (nSPS) is 12.8. The van der Waals surface area contributed by atoms with Gasteiger partial charge in [-0.3, -0.25) is 4.68 Å². The van der Waals surface area contributed by atoms with E-state index >= 15 is 0 Å². The summed E-state index contributed by atoms with van der Waals surface area (Å²) in [5.41, 5.74) is 1.17. The van der Waals surface area contributed by atoms with Gasteiger partial charge < -0.3 is 5.32 Å². The fourth-order valence-corrected chi connectivity index (χ4v) is 2.90. The molecule has 0 spiro atoms. The molecule has 0 bridgehead atoms. The summed E-state index contributed by atoms with van der Waals surface area (Å²) < 4.78 is 1.87. The van der Waals surface area contributed by atoms with Crippen LogP contribution in [0.25, 0.3) is 0 Å². The molecule has 2 rings (SSSR count). The molecule has 2 aromatic heterocycles. The van der Waals surface area contributed by atoms with Crippen LogP contribution in [-0.4, -0.2) is 22.9 Å². The van der Waals surface area contributed by atoms with Gasteiger partial charge in [0.05, 0.1) is 5.69 Å². The summed E-state index contributed by atoms with van der Waals surface area (Å²) >= 11 is 1.85. The number of nitrogens with one attached hydrogen (secondary N) is 1. The highest BCUT2D eigenvalue weighted by Gasteiger charge is 2.09. The molecule has 1 N–H and O–H groups in total. The lowest BCUT2D eigenvalue weighted by atomic mass is 10.0. The number of rotatable bonds is 7. The van der Waals surface area contributed by atoms with Gasteiger partial charge >= 0.3 is 0 Å². The van der Waals surface area contributed by atoms with Gasteiger partial charge in [-0.1, -0.05) is 6.07 Å². The van der Waals surface area contributed by atoms with Gasteiger partial charge in [0.2, 0.25) is 0 Å². The molecule has 18 heavy (non-hydrogen) atoms. The lowest BCUT2D eigenvalue weighted by Crippen LogP contribution is -2.27. The van der Waals surface area contributed by atoms with Crippen LogP contribution < -0.4 is 5.32 Å². The van der Waals surface area contributed by atoms with E-state index in [-0.39, 0.29) is 0 Å². The van der Waals surface area contributed by atoms with Gasteiger partial charge in [0, 0.05) is 30.6 Å². The monoisotopic (exact) mass is 263 g/mol. The molecule has 0 saturated heterocycles. The fourth-order valence-electron chi connectivity index (χ4n) is 2.15. The third-order valence-electron chi connectivity index (χ3n) is 3.19. The molecular weight excluding hydrogens is 242 g/mol. The van der Waals surface area contributed by atoms with Crippen LogP contribution in [0.5, 0.6) is 0 Å². The summed E-state index contributed by atoms with van der Waals surface area (Å²) in [6, 6.07) is 6.98. The number of nitrogens with zero attached hydrogens (tertiary/aromatic N) is 2. The number of thiophene rings is 1. The number of likely N-dealkylation sites (N-methyl/N-ethyl adjacent to an activating group) is 1. The van der Waals surface area contributed by atoms with Gasteiger partial charge in [-0.05, 0) is 43.8 Å². The van der Waals surface area contributed by atoms with Crippen molar-refractivity contribution in [2.75, 3.05) is 7.05 Å². The Morgan fingerprint density at radius 2 is 2.33 bits per heavy atom. The third-order valence-corrected chi connectivity index (χ3v) is 4.12. The molecule has 98 valence electrons. The first kappa shape index (κ1) is 13.3. The SMILES string of the molecule is CNC(CCCc1cccs1)Cc1ccn(C)n1. The second-order valence-corrected chi connectivity index (χ2v) is 5.67. The molecular formula is C14H21N3S. The molecule has 4 heteroatoms. The Kier molecular flexibility index (Phi) is 4.96. The lowest BCUT2D eigenvalue weighted by Gasteiger charge is -2.14. The van der Waals surface area contributed by atoms with E-state index in [4.69, 9.17) is 0 Å². The first-order chi connectivity index (χ1) is 8.78. The minimum atomic E-state index is 0.528. The summed E-state index contributed by atoms with van der Waals surface area (Å²) in [5, 5.41) is 9.98. The van der Waals surface area contributed by atoms with Gasteiger partial charge in [0.1, 0.15) is 0 Å². The maximum Gasteiger partial charge on any atom is 0.0639 e. The highest BCUT2D eigenvalue weighted by molar-refractivity contribution is 7.09. The van der Waals surface area contributed by atoms with Crippen molar-refractivity contribution in [1.82, 2.24) is 15.1 Å². The standard InChI is InChI=1S/C14H21N3S/c1-15-12(11-13-8-9-17(2)16-13)5-3-6-14-7-4-10-18-14/h4,7-10,12,15H,3,5-6,11H2,1-2H3. The van der Waals surface area contributed by atoms with Crippen LogP contribution in [0.15, 0.2) is 29.8 Å². The molecule has 2 aromatic rings. The van der Waals surface area contributed by atoms with Crippen molar-refractivity contribution >= 4 is 11.3 Å². The predicted octanol–water partition coefficient (Wildman–Crippen LogP) is 2.64. The van der Waals surface area contributed by atoms with Crippen LogP contribution in [0.1, 0.15) is 23.4 Å². The highest BCUT2D eigenvalue weighted by atomic mass is 32.1. The largest absolute Gasteiger partial charge is 0.317 e. The molecule has 0 saturated carbocycles. The Bertz CT molecular complexity index is 447. The molecule has 0 radical (unpaired) electrons. The van der Waals surface area contributed by atoms with Crippen molar-refractivity contribution in [3.63, 3.8) is 0 Å². The van der Waals surface area contributed by atoms with E-state index in [1.807, 2.05) is 36.3 Å². The lowest BCUT2D eigenvalue weighted by molar-refractivity contribution is 0.496. The van der Waals surface area contributed by atoms with E-state index in [2.05, 4.69) is 34.0 Å². The third kappa shape index (κ3) is 3.96.